The predicted octanol–water partition coefficient (Wildman–Crippen LogP) is 3.80. The van der Waals surface area contributed by atoms with Gasteiger partial charge in [0.15, 0.2) is 0 Å². The van der Waals surface area contributed by atoms with Crippen LogP contribution in [0.4, 0.5) is 9.80 Å². The molecule has 21 heavy (non-hydrogen) atoms. The van der Waals surface area contributed by atoms with Crippen molar-refractivity contribution in [1.29, 1.82) is 0 Å². The van der Waals surface area contributed by atoms with Crippen LogP contribution in [0.15, 0.2) is 18.7 Å². The third-order valence-electron chi connectivity index (χ3n) is 3.73. The van der Waals surface area contributed by atoms with E-state index in [1.165, 1.54) is 10.4 Å². The van der Waals surface area contributed by atoms with Crippen LogP contribution in [0.5, 0.6) is 0 Å². The molecular weight excluding hydrogens is 284 g/mol. The number of carbonyl (C=O) groups excluding carboxylic acids is 1. The molecule has 1 aliphatic heterocycles. The third-order valence-corrected chi connectivity index (χ3v) is 4.96. The van der Waals surface area contributed by atoms with E-state index in [1.807, 2.05) is 24.0 Å². The van der Waals surface area contributed by atoms with Crippen LogP contribution in [-0.4, -0.2) is 37.7 Å². The van der Waals surface area contributed by atoms with Crippen molar-refractivity contribution in [3.05, 3.63) is 34.7 Å². The summed E-state index contributed by atoms with van der Waals surface area (Å²) < 4.78 is 5.14. The normalized spacial score (nSPS) is 15.2. The summed E-state index contributed by atoms with van der Waals surface area (Å²) >= 11 is 1.65. The van der Waals surface area contributed by atoms with Crippen molar-refractivity contribution in [1.82, 2.24) is 4.90 Å². The van der Waals surface area contributed by atoms with Crippen molar-refractivity contribution in [2.45, 2.75) is 20.8 Å². The van der Waals surface area contributed by atoms with Gasteiger partial charge in [0.1, 0.15) is 5.00 Å². The SMILES string of the molecule is C=C1c2c(sc(C)c2C)N(CCOC)C(=O)N1C/C=C/C. The molecule has 0 unspecified atom stereocenters. The number of amides is 2. The maximum Gasteiger partial charge on any atom is 0.329 e. The van der Waals surface area contributed by atoms with Crippen molar-refractivity contribution in [2.75, 3.05) is 31.7 Å². The lowest BCUT2D eigenvalue weighted by Crippen LogP contribution is -2.47. The monoisotopic (exact) mass is 306 g/mol. The van der Waals surface area contributed by atoms with Gasteiger partial charge < -0.3 is 4.74 Å². The number of anilines is 1. The largest absolute Gasteiger partial charge is 0.383 e. The average Bonchev–Trinajstić information content (AvgIpc) is 2.75. The van der Waals surface area contributed by atoms with Gasteiger partial charge >= 0.3 is 6.03 Å². The molecule has 0 fully saturated rings. The smallest absolute Gasteiger partial charge is 0.329 e. The lowest BCUT2D eigenvalue weighted by Gasteiger charge is -2.36. The Hall–Kier alpha value is -1.59. The van der Waals surface area contributed by atoms with Gasteiger partial charge in [0.25, 0.3) is 0 Å². The summed E-state index contributed by atoms with van der Waals surface area (Å²) in [4.78, 5) is 17.5. The number of carbonyl (C=O) groups is 1. The first-order valence-electron chi connectivity index (χ1n) is 7.01. The highest BCUT2D eigenvalue weighted by molar-refractivity contribution is 7.16. The van der Waals surface area contributed by atoms with E-state index >= 15 is 0 Å². The number of allylic oxidation sites excluding steroid dienone is 1. The van der Waals surface area contributed by atoms with E-state index in [0.29, 0.717) is 19.7 Å². The Morgan fingerprint density at radius 1 is 1.33 bits per heavy atom. The molecule has 5 heteroatoms. The van der Waals surface area contributed by atoms with Crippen molar-refractivity contribution in [3.63, 3.8) is 0 Å². The van der Waals surface area contributed by atoms with Crippen LogP contribution in [0.2, 0.25) is 0 Å². The van der Waals surface area contributed by atoms with Crippen LogP contribution < -0.4 is 4.90 Å². The molecule has 0 atom stereocenters. The fraction of sp³-hybridized carbons (Fsp3) is 0.438. The van der Waals surface area contributed by atoms with Crippen LogP contribution in [0.25, 0.3) is 5.70 Å². The fourth-order valence-electron chi connectivity index (χ4n) is 2.40. The van der Waals surface area contributed by atoms with E-state index in [-0.39, 0.29) is 6.03 Å². The quantitative estimate of drug-likeness (QED) is 0.775. The highest BCUT2D eigenvalue weighted by atomic mass is 32.1. The number of rotatable bonds is 5. The third kappa shape index (κ3) is 2.76. The van der Waals surface area contributed by atoms with Gasteiger partial charge in [-0.05, 0) is 26.3 Å². The van der Waals surface area contributed by atoms with E-state index in [9.17, 15) is 4.79 Å². The van der Waals surface area contributed by atoms with Gasteiger partial charge in [0.05, 0.1) is 13.2 Å². The van der Waals surface area contributed by atoms with Gasteiger partial charge in [-0.2, -0.15) is 0 Å². The van der Waals surface area contributed by atoms with Gasteiger partial charge in [-0.25, -0.2) is 4.79 Å². The van der Waals surface area contributed by atoms with Crippen LogP contribution >= 0.6 is 11.3 Å². The summed E-state index contributed by atoms with van der Waals surface area (Å²) in [6.45, 7) is 11.9. The molecule has 0 aliphatic carbocycles. The zero-order chi connectivity index (χ0) is 15.6. The van der Waals surface area contributed by atoms with Gasteiger partial charge in [0, 0.05) is 29.8 Å². The predicted molar refractivity (Wildman–Crippen MR) is 89.0 cm³/mol. The molecule has 0 aromatic carbocycles. The first-order chi connectivity index (χ1) is 10.0. The number of ether oxygens (including phenoxy) is 1. The highest BCUT2D eigenvalue weighted by Crippen LogP contribution is 2.44. The number of hydrogen-bond acceptors (Lipinski definition) is 3. The van der Waals surface area contributed by atoms with E-state index in [4.69, 9.17) is 4.74 Å². The van der Waals surface area contributed by atoms with Gasteiger partial charge in [-0.15, -0.1) is 11.3 Å². The van der Waals surface area contributed by atoms with Gasteiger partial charge in [-0.1, -0.05) is 18.7 Å². The molecule has 2 heterocycles. The molecule has 114 valence electrons. The van der Waals surface area contributed by atoms with Crippen molar-refractivity contribution >= 4 is 28.1 Å². The number of urea groups is 1. The highest BCUT2D eigenvalue weighted by Gasteiger charge is 2.35. The molecule has 0 N–H and O–H groups in total. The summed E-state index contributed by atoms with van der Waals surface area (Å²) in [5.41, 5.74) is 3.10. The topological polar surface area (TPSA) is 32.8 Å². The summed E-state index contributed by atoms with van der Waals surface area (Å²) in [7, 11) is 1.65. The van der Waals surface area contributed by atoms with Crippen LogP contribution in [-0.2, 0) is 4.74 Å². The standard InChI is InChI=1S/C16H22N2O2S/c1-6-7-8-17-12(3)14-11(2)13(4)21-15(14)18(16(17)19)9-10-20-5/h6-7H,3,8-10H2,1-2,4-5H3/b7-6+. The number of methoxy groups -OCH3 is 1. The number of fused-ring (bicyclic) bond motifs is 1. The van der Waals surface area contributed by atoms with Crippen molar-refractivity contribution < 1.29 is 9.53 Å². The van der Waals surface area contributed by atoms with E-state index < -0.39 is 0 Å². The Labute approximate surface area is 130 Å². The average molecular weight is 306 g/mol. The molecule has 1 aromatic rings. The molecule has 0 spiro atoms. The molecule has 2 amide bonds. The van der Waals surface area contributed by atoms with Gasteiger partial charge in [0.2, 0.25) is 0 Å². The summed E-state index contributed by atoms with van der Waals surface area (Å²) in [6.07, 6.45) is 3.92. The lowest BCUT2D eigenvalue weighted by atomic mass is 10.1. The molecule has 0 radical (unpaired) electrons. The lowest BCUT2D eigenvalue weighted by molar-refractivity contribution is 0.197. The minimum atomic E-state index is -0.0242. The first-order valence-corrected chi connectivity index (χ1v) is 7.83. The Kier molecular flexibility index (Phi) is 4.85. The second-order valence-corrected chi connectivity index (χ2v) is 6.22. The minimum absolute atomic E-state index is 0.0242. The Morgan fingerprint density at radius 3 is 2.67 bits per heavy atom. The maximum absolute atomic E-state index is 12.7. The van der Waals surface area contributed by atoms with Crippen molar-refractivity contribution in [3.8, 4) is 0 Å². The summed E-state index contributed by atoms with van der Waals surface area (Å²) in [5, 5.41) is 0.994. The van der Waals surface area contributed by atoms with E-state index in [0.717, 1.165) is 16.3 Å². The Balaban J connectivity index is 2.46. The summed E-state index contributed by atoms with van der Waals surface area (Å²) in [5.74, 6) is 0. The van der Waals surface area contributed by atoms with Crippen LogP contribution in [0, 0.1) is 13.8 Å². The molecule has 0 bridgehead atoms. The van der Waals surface area contributed by atoms with Gasteiger partial charge in [-0.3, -0.25) is 9.80 Å². The molecule has 0 saturated heterocycles. The van der Waals surface area contributed by atoms with E-state index in [1.54, 1.807) is 23.3 Å². The molecule has 1 aliphatic rings. The second kappa shape index (κ2) is 6.45. The molecule has 1 aromatic heterocycles. The van der Waals surface area contributed by atoms with Crippen LogP contribution in [0.1, 0.15) is 22.9 Å². The van der Waals surface area contributed by atoms with Crippen LogP contribution in [0.3, 0.4) is 0 Å². The zero-order valence-corrected chi connectivity index (χ0v) is 13.9. The summed E-state index contributed by atoms with van der Waals surface area (Å²) in [6, 6.07) is -0.0242. The second-order valence-electron chi connectivity index (χ2n) is 5.02. The molecule has 2 rings (SSSR count). The zero-order valence-electron chi connectivity index (χ0n) is 13.1. The maximum atomic E-state index is 12.7. The van der Waals surface area contributed by atoms with E-state index in [2.05, 4.69) is 20.4 Å². The Morgan fingerprint density at radius 2 is 2.05 bits per heavy atom. The number of thiophene rings is 1. The molecular formula is C16H22N2O2S. The fourth-order valence-corrected chi connectivity index (χ4v) is 3.60. The number of aryl methyl sites for hydroxylation is 1. The molecule has 0 saturated carbocycles. The Bertz CT molecular complexity index is 589. The van der Waals surface area contributed by atoms with Crippen molar-refractivity contribution in [2.24, 2.45) is 0 Å². The molecule has 4 nitrogen and oxygen atoms in total. The number of hydrogen-bond donors (Lipinski definition) is 0. The minimum Gasteiger partial charge on any atom is -0.383 e. The number of nitrogens with zero attached hydrogens (tertiary/aromatic N) is 2. The first kappa shape index (κ1) is 15.8.